The molecule has 0 fully saturated rings. The van der Waals surface area contributed by atoms with Gasteiger partial charge in [-0.05, 0) is 38.5 Å². The van der Waals surface area contributed by atoms with Gasteiger partial charge in [0.15, 0.2) is 0 Å². The van der Waals surface area contributed by atoms with Crippen LogP contribution >= 0.6 is 0 Å². The molecule has 1 heterocycles. The number of carbonyl (C=O) groups excluding carboxylic acids is 1. The second-order valence-electron chi connectivity index (χ2n) is 6.03. The SMILES string of the molecule is C=C/C=N\C=C(\C=N)C(=O)Nc1cc2c(cc1C)OC(C)(C)C2. The summed E-state index contributed by atoms with van der Waals surface area (Å²) >= 11 is 0. The number of fused-ring (bicyclic) bond motifs is 1. The average molecular weight is 311 g/mol. The summed E-state index contributed by atoms with van der Waals surface area (Å²) in [5, 5.41) is 10.2. The Kier molecular flexibility index (Phi) is 4.79. The van der Waals surface area contributed by atoms with Crippen LogP contribution < -0.4 is 10.1 Å². The standard InChI is InChI=1S/C18H21N3O2/c1-5-6-20-11-14(10-19)17(22)21-15-8-13-9-18(3,4)23-16(13)7-12(15)2/h5-8,10-11,19H,1,9H2,2-4H3,(H,21,22)/b14-11-,19-10?,20-6-. The minimum atomic E-state index is -0.373. The molecule has 23 heavy (non-hydrogen) atoms. The highest BCUT2D eigenvalue weighted by molar-refractivity contribution is 6.17. The first-order valence-electron chi connectivity index (χ1n) is 7.35. The lowest BCUT2D eigenvalue weighted by Crippen LogP contribution is -2.24. The number of hydrogen-bond donors (Lipinski definition) is 2. The van der Waals surface area contributed by atoms with E-state index in [0.717, 1.165) is 35.2 Å². The molecule has 120 valence electrons. The Labute approximate surface area is 136 Å². The smallest absolute Gasteiger partial charge is 0.258 e. The topological polar surface area (TPSA) is 74.5 Å². The lowest BCUT2D eigenvalue weighted by molar-refractivity contribution is -0.112. The molecule has 0 spiro atoms. The van der Waals surface area contributed by atoms with Crippen molar-refractivity contribution in [1.29, 1.82) is 5.41 Å². The predicted octanol–water partition coefficient (Wildman–Crippen LogP) is 3.44. The number of ether oxygens (including phenoxy) is 1. The van der Waals surface area contributed by atoms with Gasteiger partial charge in [-0.3, -0.25) is 9.79 Å². The molecule has 1 aromatic rings. The van der Waals surface area contributed by atoms with Crippen LogP contribution in [0.4, 0.5) is 5.69 Å². The average Bonchev–Trinajstić information content (AvgIpc) is 2.77. The van der Waals surface area contributed by atoms with Gasteiger partial charge in [0, 0.05) is 36.3 Å². The highest BCUT2D eigenvalue weighted by Crippen LogP contribution is 2.38. The van der Waals surface area contributed by atoms with Crippen molar-refractivity contribution in [3.8, 4) is 5.75 Å². The summed E-state index contributed by atoms with van der Waals surface area (Å²) in [7, 11) is 0. The highest BCUT2D eigenvalue weighted by atomic mass is 16.5. The maximum atomic E-state index is 12.3. The first kappa shape index (κ1) is 16.7. The van der Waals surface area contributed by atoms with Gasteiger partial charge < -0.3 is 15.5 Å². The summed E-state index contributed by atoms with van der Waals surface area (Å²) in [5.41, 5.74) is 2.64. The van der Waals surface area contributed by atoms with Gasteiger partial charge >= 0.3 is 0 Å². The summed E-state index contributed by atoms with van der Waals surface area (Å²) < 4.78 is 5.88. The maximum absolute atomic E-state index is 12.3. The molecule has 0 aromatic heterocycles. The normalized spacial score (nSPS) is 15.9. The molecule has 5 heteroatoms. The quantitative estimate of drug-likeness (QED) is 0.645. The van der Waals surface area contributed by atoms with Gasteiger partial charge in [-0.1, -0.05) is 12.7 Å². The van der Waals surface area contributed by atoms with Crippen LogP contribution in [0.15, 0.2) is 41.6 Å². The van der Waals surface area contributed by atoms with E-state index in [0.29, 0.717) is 0 Å². The van der Waals surface area contributed by atoms with E-state index in [4.69, 9.17) is 10.1 Å². The summed E-state index contributed by atoms with van der Waals surface area (Å²) in [6, 6.07) is 3.87. The fourth-order valence-electron chi connectivity index (χ4n) is 2.43. The second-order valence-corrected chi connectivity index (χ2v) is 6.03. The van der Waals surface area contributed by atoms with Gasteiger partial charge in [-0.15, -0.1) is 0 Å². The maximum Gasteiger partial charge on any atom is 0.258 e. The summed E-state index contributed by atoms with van der Waals surface area (Å²) in [6.45, 7) is 9.49. The van der Waals surface area contributed by atoms with Gasteiger partial charge in [0.05, 0.1) is 5.57 Å². The van der Waals surface area contributed by atoms with Gasteiger partial charge in [0.2, 0.25) is 0 Å². The zero-order chi connectivity index (χ0) is 17.0. The van der Waals surface area contributed by atoms with Crippen molar-refractivity contribution in [2.24, 2.45) is 4.99 Å². The third-order valence-corrected chi connectivity index (χ3v) is 3.48. The van der Waals surface area contributed by atoms with Crippen LogP contribution in [0.2, 0.25) is 0 Å². The fraction of sp³-hybridized carbons (Fsp3) is 0.278. The van der Waals surface area contributed by atoms with Crippen molar-refractivity contribution in [3.05, 3.63) is 47.7 Å². The third kappa shape index (κ3) is 3.94. The van der Waals surface area contributed by atoms with Gasteiger partial charge in [0.25, 0.3) is 5.91 Å². The molecule has 1 aliphatic rings. The Morgan fingerprint density at radius 3 is 2.87 bits per heavy atom. The van der Waals surface area contributed by atoms with E-state index in [2.05, 4.69) is 16.9 Å². The summed E-state index contributed by atoms with van der Waals surface area (Å²) in [5.74, 6) is 0.492. The number of hydrogen-bond acceptors (Lipinski definition) is 4. The summed E-state index contributed by atoms with van der Waals surface area (Å²) in [4.78, 5) is 16.1. The minimum Gasteiger partial charge on any atom is -0.487 e. The molecule has 1 aliphatic heterocycles. The molecule has 1 amide bonds. The van der Waals surface area contributed by atoms with E-state index in [1.807, 2.05) is 32.9 Å². The Hall–Kier alpha value is -2.69. The molecule has 0 unspecified atom stereocenters. The minimum absolute atomic E-state index is 0.166. The second kappa shape index (κ2) is 6.60. The molecule has 0 aliphatic carbocycles. The van der Waals surface area contributed by atoms with Crippen molar-refractivity contribution in [1.82, 2.24) is 0 Å². The van der Waals surface area contributed by atoms with Crippen LogP contribution in [0.5, 0.6) is 5.75 Å². The number of allylic oxidation sites excluding steroid dienone is 1. The number of nitrogens with zero attached hydrogens (tertiary/aromatic N) is 1. The number of carbonyl (C=O) groups is 1. The zero-order valence-corrected chi connectivity index (χ0v) is 13.6. The first-order chi connectivity index (χ1) is 10.9. The molecule has 0 bridgehead atoms. The van der Waals surface area contributed by atoms with Crippen LogP contribution in [-0.2, 0) is 11.2 Å². The van der Waals surface area contributed by atoms with Gasteiger partial charge in [-0.25, -0.2) is 0 Å². The predicted molar refractivity (Wildman–Crippen MR) is 93.8 cm³/mol. The number of rotatable bonds is 5. The lowest BCUT2D eigenvalue weighted by atomic mass is 10.00. The third-order valence-electron chi connectivity index (χ3n) is 3.48. The monoisotopic (exact) mass is 311 g/mol. The van der Waals surface area contributed by atoms with E-state index < -0.39 is 0 Å². The van der Waals surface area contributed by atoms with Crippen LogP contribution in [-0.4, -0.2) is 23.9 Å². The van der Waals surface area contributed by atoms with Crippen molar-refractivity contribution >= 4 is 24.0 Å². The first-order valence-corrected chi connectivity index (χ1v) is 7.35. The number of anilines is 1. The van der Waals surface area contributed by atoms with Crippen molar-refractivity contribution in [2.75, 3.05) is 5.32 Å². The van der Waals surface area contributed by atoms with E-state index in [9.17, 15) is 4.79 Å². The molecule has 2 rings (SSSR count). The molecule has 0 saturated heterocycles. The van der Waals surface area contributed by atoms with Crippen LogP contribution in [0.25, 0.3) is 0 Å². The number of aliphatic imine (C=N–C) groups is 1. The molecule has 1 aromatic carbocycles. The molecule has 0 atom stereocenters. The van der Waals surface area contributed by atoms with Crippen molar-refractivity contribution in [2.45, 2.75) is 32.8 Å². The summed E-state index contributed by atoms with van der Waals surface area (Å²) in [6.07, 6.45) is 6.06. The Morgan fingerprint density at radius 2 is 2.22 bits per heavy atom. The zero-order valence-electron chi connectivity index (χ0n) is 13.6. The molecular weight excluding hydrogens is 290 g/mol. The Bertz CT molecular complexity index is 715. The molecule has 0 radical (unpaired) electrons. The van der Waals surface area contributed by atoms with E-state index >= 15 is 0 Å². The lowest BCUT2D eigenvalue weighted by Gasteiger charge is -2.16. The van der Waals surface area contributed by atoms with E-state index in [-0.39, 0.29) is 17.1 Å². The van der Waals surface area contributed by atoms with E-state index in [1.165, 1.54) is 18.5 Å². The van der Waals surface area contributed by atoms with Crippen molar-refractivity contribution in [3.63, 3.8) is 0 Å². The molecule has 2 N–H and O–H groups in total. The molecular formula is C18H21N3O2. The van der Waals surface area contributed by atoms with Crippen LogP contribution in [0.1, 0.15) is 25.0 Å². The Morgan fingerprint density at radius 1 is 1.48 bits per heavy atom. The number of amides is 1. The van der Waals surface area contributed by atoms with Gasteiger partial charge in [0.1, 0.15) is 11.4 Å². The molecule has 0 saturated carbocycles. The number of nitrogens with one attached hydrogen (secondary N) is 2. The largest absolute Gasteiger partial charge is 0.487 e. The van der Waals surface area contributed by atoms with Crippen LogP contribution in [0.3, 0.4) is 0 Å². The Balaban J connectivity index is 2.22. The number of benzene rings is 1. The number of aryl methyl sites for hydroxylation is 1. The highest BCUT2D eigenvalue weighted by Gasteiger charge is 2.30. The molecule has 5 nitrogen and oxygen atoms in total. The van der Waals surface area contributed by atoms with E-state index in [1.54, 1.807) is 0 Å². The van der Waals surface area contributed by atoms with Crippen LogP contribution in [0, 0.1) is 12.3 Å². The van der Waals surface area contributed by atoms with Gasteiger partial charge in [-0.2, -0.15) is 0 Å². The fourth-order valence-corrected chi connectivity index (χ4v) is 2.43. The van der Waals surface area contributed by atoms with Crippen molar-refractivity contribution < 1.29 is 9.53 Å².